The summed E-state index contributed by atoms with van der Waals surface area (Å²) < 4.78 is 6.18. The minimum absolute atomic E-state index is 0.294. The van der Waals surface area contributed by atoms with Gasteiger partial charge in [-0.2, -0.15) is 0 Å². The maximum absolute atomic E-state index is 6.18. The fraction of sp³-hybridized carbons (Fsp3) is 0.500. The molecule has 2 fully saturated rings. The van der Waals surface area contributed by atoms with Crippen molar-refractivity contribution in [2.75, 3.05) is 19.6 Å². The summed E-state index contributed by atoms with van der Waals surface area (Å²) in [4.78, 5) is 2.56. The lowest BCUT2D eigenvalue weighted by molar-refractivity contribution is 0.0123. The number of fused-ring (bicyclic) bond motifs is 2. The van der Waals surface area contributed by atoms with Crippen molar-refractivity contribution in [1.82, 2.24) is 15.1 Å². The highest BCUT2D eigenvalue weighted by molar-refractivity contribution is 5.60. The summed E-state index contributed by atoms with van der Waals surface area (Å²) in [7, 11) is 0. The van der Waals surface area contributed by atoms with Crippen molar-refractivity contribution < 1.29 is 4.74 Å². The van der Waals surface area contributed by atoms with Crippen molar-refractivity contribution in [3.8, 4) is 17.1 Å². The number of aromatic nitrogens is 2. The zero-order valence-corrected chi connectivity index (χ0v) is 14.5. The predicted molar refractivity (Wildman–Crippen MR) is 95.1 cm³/mol. The number of benzene rings is 1. The van der Waals surface area contributed by atoms with Gasteiger partial charge < -0.3 is 9.64 Å². The number of piperidine rings is 2. The third-order valence-corrected chi connectivity index (χ3v) is 5.23. The number of hydrogen-bond donors (Lipinski definition) is 0. The van der Waals surface area contributed by atoms with Crippen LogP contribution in [0.25, 0.3) is 11.3 Å². The van der Waals surface area contributed by atoms with Gasteiger partial charge in [0, 0.05) is 30.6 Å². The van der Waals surface area contributed by atoms with Crippen LogP contribution in [0.5, 0.6) is 5.88 Å². The second kappa shape index (κ2) is 6.52. The summed E-state index contributed by atoms with van der Waals surface area (Å²) in [5, 5.41) is 8.72. The lowest BCUT2D eigenvalue weighted by Crippen LogP contribution is -2.49. The summed E-state index contributed by atoms with van der Waals surface area (Å²) in [6.07, 6.45) is 3.96. The van der Waals surface area contributed by atoms with Gasteiger partial charge in [0.05, 0.1) is 5.69 Å². The summed E-state index contributed by atoms with van der Waals surface area (Å²) in [5.74, 6) is 1.31. The predicted octanol–water partition coefficient (Wildman–Crippen LogP) is 3.62. The van der Waals surface area contributed by atoms with Crippen molar-refractivity contribution in [3.05, 3.63) is 41.5 Å². The fourth-order valence-electron chi connectivity index (χ4n) is 4.11. The van der Waals surface area contributed by atoms with E-state index in [4.69, 9.17) is 4.74 Å². The third kappa shape index (κ3) is 3.29. The first-order valence-corrected chi connectivity index (χ1v) is 8.99. The molecule has 4 heteroatoms. The van der Waals surface area contributed by atoms with Crippen LogP contribution in [-0.4, -0.2) is 40.8 Å². The molecular weight excluding hydrogens is 298 g/mol. The van der Waals surface area contributed by atoms with Crippen LogP contribution >= 0.6 is 0 Å². The molecule has 0 radical (unpaired) electrons. The van der Waals surface area contributed by atoms with E-state index < -0.39 is 0 Å². The Kier molecular flexibility index (Phi) is 4.23. The Morgan fingerprint density at radius 3 is 2.58 bits per heavy atom. The zero-order chi connectivity index (χ0) is 16.5. The van der Waals surface area contributed by atoms with Crippen LogP contribution in [0, 0.1) is 19.8 Å². The number of hydrogen-bond acceptors (Lipinski definition) is 4. The van der Waals surface area contributed by atoms with Crippen molar-refractivity contribution >= 4 is 0 Å². The maximum atomic E-state index is 6.18. The normalized spacial score (nSPS) is 26.2. The van der Waals surface area contributed by atoms with Crippen LogP contribution in [0.15, 0.2) is 30.3 Å². The SMILES string of the molecule is Cc1cc(C)cc(-c2ccc(OC3CCN4CCCC3C4)nn2)c1. The Labute approximate surface area is 143 Å². The van der Waals surface area contributed by atoms with Gasteiger partial charge >= 0.3 is 0 Å². The van der Waals surface area contributed by atoms with Crippen molar-refractivity contribution in [2.45, 2.75) is 39.2 Å². The van der Waals surface area contributed by atoms with Gasteiger partial charge in [-0.05, 0) is 57.9 Å². The van der Waals surface area contributed by atoms with Crippen LogP contribution in [-0.2, 0) is 0 Å². The molecule has 24 heavy (non-hydrogen) atoms. The Balaban J connectivity index is 1.47. The van der Waals surface area contributed by atoms with Crippen LogP contribution in [0.3, 0.4) is 0 Å². The smallest absolute Gasteiger partial charge is 0.233 e. The lowest BCUT2D eigenvalue weighted by Gasteiger charge is -2.42. The lowest BCUT2D eigenvalue weighted by atomic mass is 9.87. The molecule has 3 heterocycles. The number of rotatable bonds is 3. The summed E-state index contributed by atoms with van der Waals surface area (Å²) in [5.41, 5.74) is 4.51. The minimum Gasteiger partial charge on any atom is -0.473 e. The van der Waals surface area contributed by atoms with E-state index in [1.54, 1.807) is 0 Å². The molecule has 3 atom stereocenters. The fourth-order valence-corrected chi connectivity index (χ4v) is 4.11. The Hall–Kier alpha value is -1.94. The number of ether oxygens (including phenoxy) is 1. The van der Waals surface area contributed by atoms with E-state index in [2.05, 4.69) is 47.1 Å². The first-order valence-electron chi connectivity index (χ1n) is 8.99. The molecular formula is C20H25N3O. The van der Waals surface area contributed by atoms with Gasteiger partial charge in [-0.3, -0.25) is 0 Å². The summed E-state index contributed by atoms with van der Waals surface area (Å²) in [6.45, 7) is 7.80. The minimum atomic E-state index is 0.294. The largest absolute Gasteiger partial charge is 0.473 e. The Morgan fingerprint density at radius 2 is 1.83 bits per heavy atom. The molecule has 1 aromatic heterocycles. The van der Waals surface area contributed by atoms with E-state index in [1.807, 2.05) is 12.1 Å². The van der Waals surface area contributed by atoms with Crippen LogP contribution in [0.1, 0.15) is 30.4 Å². The van der Waals surface area contributed by atoms with Gasteiger partial charge in [-0.1, -0.05) is 17.2 Å². The number of nitrogens with zero attached hydrogens (tertiary/aromatic N) is 3. The highest BCUT2D eigenvalue weighted by Crippen LogP contribution is 2.29. The molecule has 4 rings (SSSR count). The molecule has 126 valence electrons. The second-order valence-electron chi connectivity index (χ2n) is 7.28. The molecule has 0 N–H and O–H groups in total. The van der Waals surface area contributed by atoms with E-state index in [0.717, 1.165) is 24.2 Å². The van der Waals surface area contributed by atoms with Gasteiger partial charge in [0.25, 0.3) is 0 Å². The quantitative estimate of drug-likeness (QED) is 0.864. The average Bonchev–Trinajstić information content (AvgIpc) is 2.58. The first kappa shape index (κ1) is 15.6. The van der Waals surface area contributed by atoms with E-state index >= 15 is 0 Å². The molecule has 2 aromatic rings. The molecule has 0 aliphatic carbocycles. The molecule has 1 aromatic carbocycles. The van der Waals surface area contributed by atoms with Crippen molar-refractivity contribution in [3.63, 3.8) is 0 Å². The molecule has 0 amide bonds. The van der Waals surface area contributed by atoms with Gasteiger partial charge in [0.1, 0.15) is 6.10 Å². The molecule has 4 nitrogen and oxygen atoms in total. The highest BCUT2D eigenvalue weighted by Gasteiger charge is 2.33. The topological polar surface area (TPSA) is 38.2 Å². The summed E-state index contributed by atoms with van der Waals surface area (Å²) in [6, 6.07) is 10.5. The van der Waals surface area contributed by atoms with Gasteiger partial charge in [-0.15, -0.1) is 10.2 Å². The van der Waals surface area contributed by atoms with Gasteiger partial charge in [0.2, 0.25) is 5.88 Å². The van der Waals surface area contributed by atoms with Crippen molar-refractivity contribution in [2.24, 2.45) is 5.92 Å². The molecule has 0 saturated carbocycles. The van der Waals surface area contributed by atoms with E-state index in [1.165, 1.54) is 37.1 Å². The van der Waals surface area contributed by atoms with Crippen LogP contribution in [0.2, 0.25) is 0 Å². The first-order chi connectivity index (χ1) is 11.7. The Bertz CT molecular complexity index is 693. The standard InChI is InChI=1S/C20H25N3O/c1-14-10-15(2)12-17(11-14)18-5-6-20(22-21-18)24-19-7-9-23-8-3-4-16(19)13-23/h5-6,10-12,16,19H,3-4,7-9,13H2,1-2H3. The highest BCUT2D eigenvalue weighted by atomic mass is 16.5. The molecule has 2 bridgehead atoms. The number of aryl methyl sites for hydroxylation is 2. The molecule has 2 aliphatic heterocycles. The van der Waals surface area contributed by atoms with Gasteiger partial charge in [0.15, 0.2) is 0 Å². The Morgan fingerprint density at radius 1 is 1.00 bits per heavy atom. The monoisotopic (exact) mass is 323 g/mol. The van der Waals surface area contributed by atoms with E-state index in [-0.39, 0.29) is 0 Å². The molecule has 2 aliphatic rings. The van der Waals surface area contributed by atoms with E-state index in [0.29, 0.717) is 17.9 Å². The third-order valence-electron chi connectivity index (χ3n) is 5.23. The van der Waals surface area contributed by atoms with Crippen LogP contribution in [0.4, 0.5) is 0 Å². The van der Waals surface area contributed by atoms with Crippen molar-refractivity contribution in [1.29, 1.82) is 0 Å². The van der Waals surface area contributed by atoms with Crippen LogP contribution < -0.4 is 4.74 Å². The van der Waals surface area contributed by atoms with E-state index in [9.17, 15) is 0 Å². The zero-order valence-electron chi connectivity index (χ0n) is 14.5. The summed E-state index contributed by atoms with van der Waals surface area (Å²) >= 11 is 0. The molecule has 0 spiro atoms. The molecule has 3 unspecified atom stereocenters. The average molecular weight is 323 g/mol. The molecule has 2 saturated heterocycles. The second-order valence-corrected chi connectivity index (χ2v) is 7.28. The van der Waals surface area contributed by atoms with Gasteiger partial charge in [-0.25, -0.2) is 0 Å². The maximum Gasteiger partial charge on any atom is 0.233 e.